The highest BCUT2D eigenvalue weighted by molar-refractivity contribution is 5.59. The number of rotatable bonds is 4. The van der Waals surface area contributed by atoms with Crippen molar-refractivity contribution in [2.75, 3.05) is 0 Å². The fourth-order valence-corrected chi connectivity index (χ4v) is 2.40. The largest absolute Gasteiger partial charge is 0.485 e. The van der Waals surface area contributed by atoms with Crippen LogP contribution in [0, 0.1) is 11.3 Å². The van der Waals surface area contributed by atoms with Crippen molar-refractivity contribution in [2.45, 2.75) is 6.61 Å². The Labute approximate surface area is 143 Å². The predicted molar refractivity (Wildman–Crippen MR) is 89.5 cm³/mol. The van der Waals surface area contributed by atoms with Crippen LogP contribution in [0.25, 0.3) is 16.9 Å². The van der Waals surface area contributed by atoms with Crippen molar-refractivity contribution < 1.29 is 4.74 Å². The van der Waals surface area contributed by atoms with Crippen LogP contribution in [0.2, 0.25) is 0 Å². The molecule has 0 aliphatic heterocycles. The number of fused-ring (bicyclic) bond motifs is 1. The summed E-state index contributed by atoms with van der Waals surface area (Å²) in [4.78, 5) is 3.91. The van der Waals surface area contributed by atoms with E-state index in [1.54, 1.807) is 16.6 Å². The molecule has 0 bridgehead atoms. The van der Waals surface area contributed by atoms with Crippen LogP contribution in [0.5, 0.6) is 5.75 Å². The molecule has 0 atom stereocenters. The zero-order valence-electron chi connectivity index (χ0n) is 13.1. The molecule has 0 unspecified atom stereocenters. The van der Waals surface area contributed by atoms with Gasteiger partial charge in [0.2, 0.25) is 0 Å². The van der Waals surface area contributed by atoms with E-state index in [-0.39, 0.29) is 6.61 Å². The van der Waals surface area contributed by atoms with E-state index in [1.165, 1.54) is 6.20 Å². The molecule has 7 nitrogen and oxygen atoms in total. The molecule has 0 saturated heterocycles. The van der Waals surface area contributed by atoms with E-state index in [1.807, 2.05) is 48.5 Å². The summed E-state index contributed by atoms with van der Waals surface area (Å²) >= 11 is 0. The third-order valence-electron chi connectivity index (χ3n) is 3.61. The Kier molecular flexibility index (Phi) is 3.77. The second-order valence-electron chi connectivity index (χ2n) is 5.25. The van der Waals surface area contributed by atoms with E-state index >= 15 is 0 Å². The molecule has 0 spiro atoms. The van der Waals surface area contributed by atoms with E-state index in [9.17, 15) is 0 Å². The topological polar surface area (TPSA) is 89.0 Å². The number of ether oxygens (including phenoxy) is 1. The first-order valence-corrected chi connectivity index (χ1v) is 7.59. The van der Waals surface area contributed by atoms with E-state index in [4.69, 9.17) is 10.00 Å². The van der Waals surface area contributed by atoms with E-state index in [0.29, 0.717) is 22.9 Å². The Bertz CT molecular complexity index is 1070. The Morgan fingerprint density at radius 3 is 2.76 bits per heavy atom. The fourth-order valence-electron chi connectivity index (χ4n) is 2.40. The highest BCUT2D eigenvalue weighted by atomic mass is 16.5. The van der Waals surface area contributed by atoms with Gasteiger partial charge >= 0.3 is 0 Å². The molecule has 0 N–H and O–H groups in total. The summed E-state index contributed by atoms with van der Waals surface area (Å²) in [6, 6.07) is 18.9. The summed E-state index contributed by atoms with van der Waals surface area (Å²) in [6.45, 7) is 0.182. The van der Waals surface area contributed by atoms with Gasteiger partial charge in [0.1, 0.15) is 24.1 Å². The number of aromatic nitrogens is 5. The van der Waals surface area contributed by atoms with Gasteiger partial charge in [0.15, 0.2) is 11.5 Å². The van der Waals surface area contributed by atoms with Gasteiger partial charge in [0.25, 0.3) is 0 Å². The number of pyridine rings is 1. The molecule has 3 aromatic heterocycles. The predicted octanol–water partition coefficient (Wildman–Crippen LogP) is 2.64. The highest BCUT2D eigenvalue weighted by Gasteiger charge is 2.10. The van der Waals surface area contributed by atoms with Crippen LogP contribution in [-0.2, 0) is 6.61 Å². The number of hydrogen-bond acceptors (Lipinski definition) is 6. The molecule has 0 radical (unpaired) electrons. The molecule has 1 aromatic carbocycles. The summed E-state index contributed by atoms with van der Waals surface area (Å²) in [5.74, 6) is 1.12. The van der Waals surface area contributed by atoms with Crippen molar-refractivity contribution in [3.63, 3.8) is 0 Å². The first-order valence-electron chi connectivity index (χ1n) is 7.59. The van der Waals surface area contributed by atoms with Crippen LogP contribution < -0.4 is 4.74 Å². The summed E-state index contributed by atoms with van der Waals surface area (Å²) < 4.78 is 7.35. The van der Waals surface area contributed by atoms with Crippen LogP contribution in [0.4, 0.5) is 0 Å². The van der Waals surface area contributed by atoms with Crippen LogP contribution >= 0.6 is 0 Å². The molecule has 3 heterocycles. The molecular formula is C18H12N6O. The normalized spacial score (nSPS) is 10.5. The van der Waals surface area contributed by atoms with Crippen LogP contribution in [0.1, 0.15) is 11.5 Å². The lowest BCUT2D eigenvalue weighted by atomic mass is 10.1. The molecule has 120 valence electrons. The lowest BCUT2D eigenvalue weighted by Gasteiger charge is -2.05. The summed E-state index contributed by atoms with van der Waals surface area (Å²) in [6.07, 6.45) is 1.53. The quantitative estimate of drug-likeness (QED) is 0.572. The molecule has 0 fully saturated rings. The third kappa shape index (κ3) is 3.01. The van der Waals surface area contributed by atoms with Gasteiger partial charge in [-0.3, -0.25) is 0 Å². The average Bonchev–Trinajstić information content (AvgIpc) is 3.09. The van der Waals surface area contributed by atoms with Gasteiger partial charge in [-0.05, 0) is 18.2 Å². The maximum Gasteiger partial charge on any atom is 0.192 e. The number of benzene rings is 1. The molecule has 4 rings (SSSR count). The van der Waals surface area contributed by atoms with Gasteiger partial charge in [-0.1, -0.05) is 30.3 Å². The molecular weight excluding hydrogens is 316 g/mol. The Hall–Kier alpha value is -3.79. The molecule has 0 aliphatic carbocycles. The van der Waals surface area contributed by atoms with Crippen molar-refractivity contribution in [3.05, 3.63) is 72.3 Å². The Morgan fingerprint density at radius 1 is 1.04 bits per heavy atom. The van der Waals surface area contributed by atoms with Crippen LogP contribution in [0.15, 0.2) is 60.8 Å². The first-order chi connectivity index (χ1) is 12.3. The average molecular weight is 328 g/mol. The van der Waals surface area contributed by atoms with Crippen molar-refractivity contribution in [1.82, 2.24) is 24.8 Å². The minimum atomic E-state index is 0.182. The maximum atomic E-state index is 8.89. The second-order valence-corrected chi connectivity index (χ2v) is 5.25. The van der Waals surface area contributed by atoms with Gasteiger partial charge < -0.3 is 4.74 Å². The van der Waals surface area contributed by atoms with Crippen LogP contribution in [0.3, 0.4) is 0 Å². The van der Waals surface area contributed by atoms with Gasteiger partial charge in [-0.25, -0.2) is 4.98 Å². The minimum absolute atomic E-state index is 0.182. The fraction of sp³-hybridized carbons (Fsp3) is 0.0556. The number of nitrogens with zero attached hydrogens (tertiary/aromatic N) is 6. The van der Waals surface area contributed by atoms with Gasteiger partial charge in [-0.2, -0.15) is 14.9 Å². The molecule has 7 heteroatoms. The van der Waals surface area contributed by atoms with Crippen LogP contribution in [-0.4, -0.2) is 24.8 Å². The molecule has 25 heavy (non-hydrogen) atoms. The van der Waals surface area contributed by atoms with Crippen molar-refractivity contribution >= 4 is 5.65 Å². The second kappa shape index (κ2) is 6.37. The van der Waals surface area contributed by atoms with E-state index in [2.05, 4.69) is 20.3 Å². The monoisotopic (exact) mass is 328 g/mol. The van der Waals surface area contributed by atoms with Crippen molar-refractivity contribution in [3.8, 4) is 23.1 Å². The van der Waals surface area contributed by atoms with Gasteiger partial charge in [0.05, 0.1) is 5.69 Å². The highest BCUT2D eigenvalue weighted by Crippen LogP contribution is 2.17. The molecule has 0 aliphatic rings. The van der Waals surface area contributed by atoms with E-state index < -0.39 is 0 Å². The zero-order valence-corrected chi connectivity index (χ0v) is 13.1. The minimum Gasteiger partial charge on any atom is -0.485 e. The maximum absolute atomic E-state index is 8.89. The lowest BCUT2D eigenvalue weighted by molar-refractivity contribution is 0.292. The Balaban J connectivity index is 1.62. The van der Waals surface area contributed by atoms with Gasteiger partial charge in [0, 0.05) is 17.8 Å². The zero-order chi connectivity index (χ0) is 17.1. The van der Waals surface area contributed by atoms with Gasteiger partial charge in [-0.15, -0.1) is 10.2 Å². The third-order valence-corrected chi connectivity index (χ3v) is 3.61. The smallest absolute Gasteiger partial charge is 0.192 e. The number of hydrogen-bond donors (Lipinski definition) is 0. The molecule has 0 saturated carbocycles. The summed E-state index contributed by atoms with van der Waals surface area (Å²) in [5.41, 5.74) is 2.78. The first kappa shape index (κ1) is 14.8. The molecule has 0 amide bonds. The van der Waals surface area contributed by atoms with Crippen molar-refractivity contribution in [2.24, 2.45) is 0 Å². The molecule has 4 aromatic rings. The summed E-state index contributed by atoms with van der Waals surface area (Å²) in [5, 5.41) is 21.7. The standard InChI is InChI=1S/C18H12N6O/c19-11-14-10-15(8-9-20-14)25-12-18-22-21-17-7-6-16(23-24(17)18)13-4-2-1-3-5-13/h1-10H,12H2. The van der Waals surface area contributed by atoms with E-state index in [0.717, 1.165) is 11.3 Å². The van der Waals surface area contributed by atoms with Crippen molar-refractivity contribution in [1.29, 1.82) is 5.26 Å². The SMILES string of the molecule is N#Cc1cc(OCc2nnc3ccc(-c4ccccc4)nn23)ccn1. The lowest BCUT2D eigenvalue weighted by Crippen LogP contribution is -2.04. The Morgan fingerprint density at radius 2 is 1.92 bits per heavy atom. The number of nitriles is 1. The summed E-state index contributed by atoms with van der Waals surface area (Å²) in [7, 11) is 0.